The summed E-state index contributed by atoms with van der Waals surface area (Å²) in [5, 5.41) is 3.31. The van der Waals surface area contributed by atoms with E-state index in [1.54, 1.807) is 32.4 Å². The number of benzene rings is 2. The molecule has 0 saturated heterocycles. The second kappa shape index (κ2) is 8.41. The summed E-state index contributed by atoms with van der Waals surface area (Å²) >= 11 is 6.20. The first-order chi connectivity index (χ1) is 11.5. The molecule has 0 saturated carbocycles. The number of carbonyl (C=O) groups is 1. The Morgan fingerprint density at radius 1 is 1.12 bits per heavy atom. The molecule has 2 aromatic rings. The van der Waals surface area contributed by atoms with Crippen LogP contribution in [0.15, 0.2) is 42.5 Å². The summed E-state index contributed by atoms with van der Waals surface area (Å²) < 4.78 is 10.4. The summed E-state index contributed by atoms with van der Waals surface area (Å²) in [5.41, 5.74) is 2.91. The van der Waals surface area contributed by atoms with E-state index in [0.29, 0.717) is 23.1 Å². The molecule has 0 spiro atoms. The Morgan fingerprint density at radius 3 is 2.38 bits per heavy atom. The first-order valence-corrected chi connectivity index (χ1v) is 7.84. The molecule has 0 bridgehead atoms. The van der Waals surface area contributed by atoms with Crippen molar-refractivity contribution in [3.8, 4) is 11.5 Å². The minimum atomic E-state index is -0.193. The predicted octanol–water partition coefficient (Wildman–Crippen LogP) is 4.00. The molecule has 126 valence electrons. The Kier molecular flexibility index (Phi) is 6.27. The van der Waals surface area contributed by atoms with Gasteiger partial charge >= 0.3 is 0 Å². The van der Waals surface area contributed by atoms with Crippen LogP contribution in [-0.4, -0.2) is 20.1 Å². The molecule has 0 aliphatic heterocycles. The minimum absolute atomic E-state index is 0.193. The third-order valence-corrected chi connectivity index (χ3v) is 3.86. The summed E-state index contributed by atoms with van der Waals surface area (Å²) in [6, 6.07) is 11.4. The molecule has 0 heterocycles. The molecule has 4 nitrogen and oxygen atoms in total. The maximum absolute atomic E-state index is 11.9. The van der Waals surface area contributed by atoms with Crippen LogP contribution in [-0.2, 0) is 11.3 Å². The van der Waals surface area contributed by atoms with Crippen LogP contribution in [0, 0.1) is 6.92 Å². The second-order valence-corrected chi connectivity index (χ2v) is 5.67. The summed E-state index contributed by atoms with van der Waals surface area (Å²) in [4.78, 5) is 11.9. The Balaban J connectivity index is 1.99. The quantitative estimate of drug-likeness (QED) is 0.805. The molecule has 0 radical (unpaired) electrons. The van der Waals surface area contributed by atoms with Crippen molar-refractivity contribution < 1.29 is 14.3 Å². The highest BCUT2D eigenvalue weighted by atomic mass is 35.5. The lowest BCUT2D eigenvalue weighted by atomic mass is 10.1. The fourth-order valence-corrected chi connectivity index (χ4v) is 2.34. The van der Waals surface area contributed by atoms with E-state index >= 15 is 0 Å². The number of ether oxygens (including phenoxy) is 2. The maximum Gasteiger partial charge on any atom is 0.244 e. The smallest absolute Gasteiger partial charge is 0.244 e. The topological polar surface area (TPSA) is 47.6 Å². The highest BCUT2D eigenvalue weighted by molar-refractivity contribution is 6.31. The number of halogens is 1. The van der Waals surface area contributed by atoms with E-state index in [2.05, 4.69) is 5.32 Å². The van der Waals surface area contributed by atoms with Gasteiger partial charge in [0.25, 0.3) is 0 Å². The molecule has 0 aromatic heterocycles. The average molecular weight is 346 g/mol. The van der Waals surface area contributed by atoms with Crippen molar-refractivity contribution in [3.63, 3.8) is 0 Å². The van der Waals surface area contributed by atoms with Gasteiger partial charge in [0.2, 0.25) is 5.91 Å². The molecule has 0 aliphatic carbocycles. The van der Waals surface area contributed by atoms with E-state index < -0.39 is 0 Å². The first-order valence-electron chi connectivity index (χ1n) is 7.46. The molecule has 2 rings (SSSR count). The van der Waals surface area contributed by atoms with Crippen LogP contribution in [0.3, 0.4) is 0 Å². The van der Waals surface area contributed by atoms with Gasteiger partial charge in [-0.25, -0.2) is 0 Å². The van der Waals surface area contributed by atoms with Gasteiger partial charge in [0, 0.05) is 23.7 Å². The molecule has 1 N–H and O–H groups in total. The van der Waals surface area contributed by atoms with Crippen LogP contribution >= 0.6 is 11.6 Å². The SMILES string of the molecule is COc1cc(Cl)c(CNC(=O)/C=C/c2ccc(C)cc2)cc1OC. The Bertz CT molecular complexity index is 739. The van der Waals surface area contributed by atoms with Crippen LogP contribution in [0.4, 0.5) is 0 Å². The summed E-state index contributed by atoms with van der Waals surface area (Å²) in [6.07, 6.45) is 3.27. The van der Waals surface area contributed by atoms with Crippen molar-refractivity contribution >= 4 is 23.6 Å². The largest absolute Gasteiger partial charge is 0.493 e. The molecule has 2 aromatic carbocycles. The van der Waals surface area contributed by atoms with Gasteiger partial charge in [-0.3, -0.25) is 4.79 Å². The number of amides is 1. The highest BCUT2D eigenvalue weighted by Gasteiger charge is 2.10. The van der Waals surface area contributed by atoms with E-state index in [9.17, 15) is 4.79 Å². The molecular weight excluding hydrogens is 326 g/mol. The summed E-state index contributed by atoms with van der Waals surface area (Å²) in [7, 11) is 3.10. The van der Waals surface area contributed by atoms with Gasteiger partial charge in [0.05, 0.1) is 14.2 Å². The van der Waals surface area contributed by atoms with Crippen molar-refractivity contribution in [2.24, 2.45) is 0 Å². The van der Waals surface area contributed by atoms with Gasteiger partial charge in [0.1, 0.15) is 0 Å². The van der Waals surface area contributed by atoms with E-state index in [1.165, 1.54) is 11.6 Å². The number of hydrogen-bond acceptors (Lipinski definition) is 3. The van der Waals surface area contributed by atoms with Crippen molar-refractivity contribution in [1.82, 2.24) is 5.32 Å². The van der Waals surface area contributed by atoms with Crippen molar-refractivity contribution in [3.05, 3.63) is 64.2 Å². The molecule has 24 heavy (non-hydrogen) atoms. The molecule has 0 aliphatic rings. The minimum Gasteiger partial charge on any atom is -0.493 e. The van der Waals surface area contributed by atoms with E-state index in [-0.39, 0.29) is 5.91 Å². The van der Waals surface area contributed by atoms with Gasteiger partial charge in [-0.05, 0) is 30.2 Å². The van der Waals surface area contributed by atoms with Crippen LogP contribution in [0.1, 0.15) is 16.7 Å². The Morgan fingerprint density at radius 2 is 1.75 bits per heavy atom. The first kappa shape index (κ1) is 17.9. The zero-order valence-electron chi connectivity index (χ0n) is 13.9. The Hall–Kier alpha value is -2.46. The van der Waals surface area contributed by atoms with E-state index in [0.717, 1.165) is 11.1 Å². The number of nitrogens with one attached hydrogen (secondary N) is 1. The highest BCUT2D eigenvalue weighted by Crippen LogP contribution is 2.32. The number of hydrogen-bond donors (Lipinski definition) is 1. The standard InChI is InChI=1S/C19H20ClNO3/c1-13-4-6-14(7-5-13)8-9-19(22)21-12-15-10-17(23-2)18(24-3)11-16(15)20/h4-11H,12H2,1-3H3,(H,21,22)/b9-8+. The number of rotatable bonds is 6. The molecule has 0 atom stereocenters. The van der Waals surface area contributed by atoms with Gasteiger partial charge in [-0.2, -0.15) is 0 Å². The van der Waals surface area contributed by atoms with Gasteiger partial charge < -0.3 is 14.8 Å². The lowest BCUT2D eigenvalue weighted by Gasteiger charge is -2.11. The number of methoxy groups -OCH3 is 2. The third-order valence-electron chi connectivity index (χ3n) is 3.51. The van der Waals surface area contributed by atoms with E-state index in [4.69, 9.17) is 21.1 Å². The van der Waals surface area contributed by atoms with Crippen molar-refractivity contribution in [1.29, 1.82) is 0 Å². The van der Waals surface area contributed by atoms with Crippen LogP contribution in [0.5, 0.6) is 11.5 Å². The zero-order chi connectivity index (χ0) is 17.5. The lowest BCUT2D eigenvalue weighted by molar-refractivity contribution is -0.116. The fraction of sp³-hybridized carbons (Fsp3) is 0.211. The third kappa shape index (κ3) is 4.77. The van der Waals surface area contributed by atoms with Gasteiger partial charge in [-0.15, -0.1) is 0 Å². The maximum atomic E-state index is 11.9. The van der Waals surface area contributed by atoms with Crippen molar-refractivity contribution in [2.75, 3.05) is 14.2 Å². The predicted molar refractivity (Wildman–Crippen MR) is 96.6 cm³/mol. The summed E-state index contributed by atoms with van der Waals surface area (Å²) in [6.45, 7) is 2.32. The monoisotopic (exact) mass is 345 g/mol. The molecular formula is C19H20ClNO3. The molecule has 5 heteroatoms. The molecule has 0 unspecified atom stereocenters. The number of carbonyl (C=O) groups excluding carboxylic acids is 1. The normalized spacial score (nSPS) is 10.7. The zero-order valence-corrected chi connectivity index (χ0v) is 14.7. The Labute approximate surface area is 147 Å². The average Bonchev–Trinajstić information content (AvgIpc) is 2.59. The van der Waals surface area contributed by atoms with Gasteiger partial charge in [-0.1, -0.05) is 41.4 Å². The number of aryl methyl sites for hydroxylation is 1. The van der Waals surface area contributed by atoms with E-state index in [1.807, 2.05) is 31.2 Å². The van der Waals surface area contributed by atoms with Crippen LogP contribution < -0.4 is 14.8 Å². The second-order valence-electron chi connectivity index (χ2n) is 5.26. The van der Waals surface area contributed by atoms with Crippen LogP contribution in [0.2, 0.25) is 5.02 Å². The molecule has 0 fully saturated rings. The fourth-order valence-electron chi connectivity index (χ4n) is 2.12. The summed E-state index contributed by atoms with van der Waals surface area (Å²) in [5.74, 6) is 0.930. The van der Waals surface area contributed by atoms with Gasteiger partial charge in [0.15, 0.2) is 11.5 Å². The van der Waals surface area contributed by atoms with Crippen LogP contribution in [0.25, 0.3) is 6.08 Å². The lowest BCUT2D eigenvalue weighted by Crippen LogP contribution is -2.20. The van der Waals surface area contributed by atoms with Crippen molar-refractivity contribution in [2.45, 2.75) is 13.5 Å². The molecule has 1 amide bonds.